The van der Waals surface area contributed by atoms with Crippen LogP contribution in [0.15, 0.2) is 30.3 Å². The summed E-state index contributed by atoms with van der Waals surface area (Å²) in [5.74, 6) is -2.07. The Morgan fingerprint density at radius 2 is 1.74 bits per heavy atom. The molecule has 7 nitrogen and oxygen atoms in total. The summed E-state index contributed by atoms with van der Waals surface area (Å²) in [5.41, 5.74) is 6.43. The molecule has 1 saturated heterocycles. The van der Waals surface area contributed by atoms with Crippen molar-refractivity contribution in [2.75, 3.05) is 26.3 Å². The first-order valence-electron chi connectivity index (χ1n) is 11.4. The molecule has 31 heavy (non-hydrogen) atoms. The van der Waals surface area contributed by atoms with Gasteiger partial charge in [-0.15, -0.1) is 0 Å². The molecule has 0 radical (unpaired) electrons. The van der Waals surface area contributed by atoms with Crippen LogP contribution in [0.2, 0.25) is 0 Å². The highest BCUT2D eigenvalue weighted by molar-refractivity contribution is 5.93. The zero-order valence-corrected chi connectivity index (χ0v) is 18.8. The molecule has 0 aromatic heterocycles. The topological polar surface area (TPSA) is 98.9 Å². The summed E-state index contributed by atoms with van der Waals surface area (Å²) < 4.78 is 10.4. The minimum atomic E-state index is -1.42. The number of aryl methyl sites for hydroxylation is 1. The van der Waals surface area contributed by atoms with Crippen molar-refractivity contribution in [1.82, 2.24) is 4.90 Å². The van der Waals surface area contributed by atoms with Crippen LogP contribution >= 0.6 is 0 Å². The lowest BCUT2D eigenvalue weighted by Gasteiger charge is -2.38. The van der Waals surface area contributed by atoms with Gasteiger partial charge in [0.2, 0.25) is 5.91 Å². The molecule has 0 bridgehead atoms. The average Bonchev–Trinajstić information content (AvgIpc) is 2.81. The normalized spacial score (nSPS) is 20.9. The van der Waals surface area contributed by atoms with E-state index in [0.29, 0.717) is 25.8 Å². The molecule has 0 spiro atoms. The third-order valence-corrected chi connectivity index (χ3v) is 5.84. The number of carbonyl (C=O) groups is 3. The largest absolute Gasteiger partial charge is 0.466 e. The Bertz CT molecular complexity index is 724. The van der Waals surface area contributed by atoms with Gasteiger partial charge in [0.05, 0.1) is 19.1 Å². The zero-order chi connectivity index (χ0) is 22.7. The highest BCUT2D eigenvalue weighted by Crippen LogP contribution is 2.31. The number of carbonyl (C=O) groups excluding carboxylic acids is 3. The lowest BCUT2D eigenvalue weighted by Crippen LogP contribution is -2.62. The van der Waals surface area contributed by atoms with Gasteiger partial charge in [0.1, 0.15) is 12.1 Å². The molecule has 1 aromatic carbocycles. The van der Waals surface area contributed by atoms with Crippen LogP contribution < -0.4 is 5.73 Å². The summed E-state index contributed by atoms with van der Waals surface area (Å²) in [6.45, 7) is 4.21. The number of esters is 2. The highest BCUT2D eigenvalue weighted by Gasteiger charge is 2.48. The maximum atomic E-state index is 13.7. The standard InChI is InChI=1S/C24H36N2O5/c1-3-30-21(27)18-26-17-11-6-5-10-16-24(25,23(26)29)20(22(28)31-4-2)15-14-19-12-8-7-9-13-19/h7-9,12-13,20H,3-6,10-11,14-18,25H2,1-2H3. The predicted molar refractivity (Wildman–Crippen MR) is 118 cm³/mol. The van der Waals surface area contributed by atoms with E-state index in [1.807, 2.05) is 30.3 Å². The highest BCUT2D eigenvalue weighted by atomic mass is 16.5. The maximum absolute atomic E-state index is 13.7. The molecule has 172 valence electrons. The van der Waals surface area contributed by atoms with E-state index in [1.54, 1.807) is 13.8 Å². The van der Waals surface area contributed by atoms with Crippen molar-refractivity contribution in [2.24, 2.45) is 11.7 Å². The molecule has 0 aliphatic carbocycles. The van der Waals surface area contributed by atoms with Crippen molar-refractivity contribution in [1.29, 1.82) is 0 Å². The van der Waals surface area contributed by atoms with E-state index in [4.69, 9.17) is 15.2 Å². The van der Waals surface area contributed by atoms with Gasteiger partial charge >= 0.3 is 11.9 Å². The fourth-order valence-electron chi connectivity index (χ4n) is 4.20. The molecule has 2 unspecified atom stereocenters. The van der Waals surface area contributed by atoms with Gasteiger partial charge in [-0.05, 0) is 45.1 Å². The van der Waals surface area contributed by atoms with Crippen LogP contribution in [0.1, 0.15) is 57.9 Å². The second-order valence-electron chi connectivity index (χ2n) is 8.07. The second kappa shape index (κ2) is 12.4. The first-order valence-corrected chi connectivity index (χ1v) is 11.4. The van der Waals surface area contributed by atoms with Crippen molar-refractivity contribution >= 4 is 17.8 Å². The first kappa shape index (κ1) is 24.9. The average molecular weight is 433 g/mol. The summed E-state index contributed by atoms with van der Waals surface area (Å²) in [4.78, 5) is 40.2. The Balaban J connectivity index is 2.32. The minimum Gasteiger partial charge on any atom is -0.466 e. The zero-order valence-electron chi connectivity index (χ0n) is 18.8. The van der Waals surface area contributed by atoms with Crippen LogP contribution in [0.25, 0.3) is 0 Å². The van der Waals surface area contributed by atoms with Crippen LogP contribution in [-0.4, -0.2) is 54.6 Å². The summed E-state index contributed by atoms with van der Waals surface area (Å²) in [6.07, 6.45) is 4.78. The number of amides is 1. The van der Waals surface area contributed by atoms with Gasteiger partial charge in [-0.25, -0.2) is 0 Å². The fourth-order valence-corrected chi connectivity index (χ4v) is 4.20. The number of nitrogens with two attached hydrogens (primary N) is 1. The summed E-state index contributed by atoms with van der Waals surface area (Å²) in [6, 6.07) is 9.80. The lowest BCUT2D eigenvalue weighted by molar-refractivity contribution is -0.159. The number of hydrogen-bond donors (Lipinski definition) is 1. The molecule has 2 N–H and O–H groups in total. The Morgan fingerprint density at radius 1 is 1.06 bits per heavy atom. The van der Waals surface area contributed by atoms with Crippen molar-refractivity contribution < 1.29 is 23.9 Å². The fraction of sp³-hybridized carbons (Fsp3) is 0.625. The maximum Gasteiger partial charge on any atom is 0.325 e. The van der Waals surface area contributed by atoms with Crippen LogP contribution in [0.5, 0.6) is 0 Å². The summed E-state index contributed by atoms with van der Waals surface area (Å²) in [5, 5.41) is 0. The number of ether oxygens (including phenoxy) is 2. The van der Waals surface area contributed by atoms with E-state index < -0.39 is 23.4 Å². The van der Waals surface area contributed by atoms with Crippen molar-refractivity contribution in [3.05, 3.63) is 35.9 Å². The van der Waals surface area contributed by atoms with E-state index in [0.717, 1.165) is 31.2 Å². The monoisotopic (exact) mass is 432 g/mol. The quantitative estimate of drug-likeness (QED) is 0.603. The molecule has 1 amide bonds. The Kier molecular flexibility index (Phi) is 9.98. The molecular weight excluding hydrogens is 396 g/mol. The second-order valence-corrected chi connectivity index (χ2v) is 8.07. The van der Waals surface area contributed by atoms with Crippen molar-refractivity contribution in [2.45, 2.75) is 64.3 Å². The van der Waals surface area contributed by atoms with Crippen LogP contribution in [0, 0.1) is 5.92 Å². The van der Waals surface area contributed by atoms with E-state index in [9.17, 15) is 14.4 Å². The molecule has 1 heterocycles. The Hall–Kier alpha value is -2.41. The van der Waals surface area contributed by atoms with E-state index in [2.05, 4.69) is 0 Å². The molecule has 0 saturated carbocycles. The van der Waals surface area contributed by atoms with E-state index >= 15 is 0 Å². The van der Waals surface area contributed by atoms with Gasteiger partial charge in [-0.1, -0.05) is 49.6 Å². The van der Waals surface area contributed by atoms with Crippen LogP contribution in [0.4, 0.5) is 0 Å². The molecule has 7 heteroatoms. The smallest absolute Gasteiger partial charge is 0.325 e. The SMILES string of the molecule is CCOC(=O)CN1CCCCCCC(N)(C(CCc2ccccc2)C(=O)OCC)C1=O. The minimum absolute atomic E-state index is 0.153. The molecular formula is C24H36N2O5. The van der Waals surface area contributed by atoms with Crippen LogP contribution in [-0.2, 0) is 30.3 Å². The van der Waals surface area contributed by atoms with Gasteiger partial charge in [0.15, 0.2) is 0 Å². The summed E-state index contributed by atoms with van der Waals surface area (Å²) >= 11 is 0. The van der Waals surface area contributed by atoms with Gasteiger partial charge < -0.3 is 20.1 Å². The first-order chi connectivity index (χ1) is 14.9. The Morgan fingerprint density at radius 3 is 2.42 bits per heavy atom. The number of rotatable bonds is 9. The summed E-state index contributed by atoms with van der Waals surface area (Å²) in [7, 11) is 0. The lowest BCUT2D eigenvalue weighted by atomic mass is 9.76. The molecule has 1 aliphatic heterocycles. The van der Waals surface area contributed by atoms with Gasteiger partial charge in [0.25, 0.3) is 0 Å². The van der Waals surface area contributed by atoms with Gasteiger partial charge in [0, 0.05) is 6.54 Å². The molecule has 1 fully saturated rings. The van der Waals surface area contributed by atoms with Gasteiger partial charge in [-0.2, -0.15) is 0 Å². The molecule has 1 aromatic rings. The number of benzene rings is 1. The van der Waals surface area contributed by atoms with Crippen molar-refractivity contribution in [3.63, 3.8) is 0 Å². The predicted octanol–water partition coefficient (Wildman–Crippen LogP) is 2.85. The van der Waals surface area contributed by atoms with E-state index in [1.165, 1.54) is 4.90 Å². The van der Waals surface area contributed by atoms with Crippen LogP contribution in [0.3, 0.4) is 0 Å². The van der Waals surface area contributed by atoms with E-state index in [-0.39, 0.29) is 25.7 Å². The Labute approximate surface area is 185 Å². The number of nitrogens with zero attached hydrogens (tertiary/aromatic N) is 1. The van der Waals surface area contributed by atoms with Gasteiger partial charge in [-0.3, -0.25) is 14.4 Å². The van der Waals surface area contributed by atoms with Crippen molar-refractivity contribution in [3.8, 4) is 0 Å². The molecule has 1 aliphatic rings. The third kappa shape index (κ3) is 7.06. The molecule has 2 atom stereocenters. The molecule has 2 rings (SSSR count). The number of hydrogen-bond acceptors (Lipinski definition) is 6. The third-order valence-electron chi connectivity index (χ3n) is 5.84.